The first kappa shape index (κ1) is 18.0. The molecule has 0 bridgehead atoms. The zero-order valence-electron chi connectivity index (χ0n) is 15.7. The van der Waals surface area contributed by atoms with Crippen LogP contribution in [0.5, 0.6) is 0 Å². The number of carbonyl (C=O) groups is 1. The highest BCUT2D eigenvalue weighted by atomic mass is 32.2. The molecule has 8 nitrogen and oxygen atoms in total. The van der Waals surface area contributed by atoms with Crippen molar-refractivity contribution in [3.8, 4) is 0 Å². The van der Waals surface area contributed by atoms with Gasteiger partial charge in [0.15, 0.2) is 16.6 Å². The molecule has 3 aromatic rings. The molecule has 1 fully saturated rings. The number of oxazole rings is 1. The molecule has 30 heavy (non-hydrogen) atoms. The molecule has 1 aliphatic carbocycles. The standard InChI is InChI=1S/C20H16N4O4S2/c25-18(21-13-4-6-16-14(10-13)22-19(28-16)11-1-2-11)12-3-5-15-17(9-12)29-20-23-30(26,27)8-7-24(15)20/h3-6,9-11H,1-2,7-8H2,(H,21,25). The summed E-state index contributed by atoms with van der Waals surface area (Å²) in [6.45, 7) is 0.368. The van der Waals surface area contributed by atoms with Crippen LogP contribution in [-0.4, -0.2) is 36.8 Å². The number of thioether (sulfide) groups is 1. The maximum atomic E-state index is 12.8. The van der Waals surface area contributed by atoms with Gasteiger partial charge in [-0.2, -0.15) is 0 Å². The number of nitrogens with zero attached hydrogens (tertiary/aromatic N) is 3. The highest BCUT2D eigenvalue weighted by molar-refractivity contribution is 8.15. The lowest BCUT2D eigenvalue weighted by Gasteiger charge is -2.22. The minimum Gasteiger partial charge on any atom is -0.440 e. The molecule has 152 valence electrons. The molecular formula is C20H16N4O4S2. The number of anilines is 2. The van der Waals surface area contributed by atoms with Crippen LogP contribution in [0, 0.1) is 0 Å². The minimum absolute atomic E-state index is 0.00821. The molecule has 0 unspecified atom stereocenters. The van der Waals surface area contributed by atoms with E-state index in [-0.39, 0.29) is 11.7 Å². The van der Waals surface area contributed by atoms with Crippen molar-refractivity contribution in [1.29, 1.82) is 0 Å². The highest BCUT2D eigenvalue weighted by Gasteiger charge is 2.33. The topological polar surface area (TPSA) is 105 Å². The Morgan fingerprint density at radius 3 is 2.90 bits per heavy atom. The van der Waals surface area contributed by atoms with Crippen LogP contribution in [0.15, 0.2) is 50.1 Å². The van der Waals surface area contributed by atoms with E-state index in [0.717, 1.165) is 40.4 Å². The van der Waals surface area contributed by atoms with Crippen molar-refractivity contribution in [3.05, 3.63) is 47.9 Å². The van der Waals surface area contributed by atoms with Crippen LogP contribution in [0.4, 0.5) is 11.4 Å². The predicted octanol–water partition coefficient (Wildman–Crippen LogP) is 3.57. The average Bonchev–Trinajstić information content (AvgIpc) is 3.38. The molecule has 1 aromatic heterocycles. The molecular weight excluding hydrogens is 424 g/mol. The largest absolute Gasteiger partial charge is 0.440 e. The van der Waals surface area contributed by atoms with Crippen molar-refractivity contribution in [2.24, 2.45) is 4.40 Å². The van der Waals surface area contributed by atoms with Crippen LogP contribution in [-0.2, 0) is 10.0 Å². The van der Waals surface area contributed by atoms with Gasteiger partial charge in [-0.05, 0) is 61.0 Å². The fourth-order valence-corrected chi connectivity index (χ4v) is 5.90. The number of amides is 1. The summed E-state index contributed by atoms with van der Waals surface area (Å²) in [5.41, 5.74) is 3.46. The molecule has 1 amide bonds. The van der Waals surface area contributed by atoms with E-state index in [0.29, 0.717) is 28.9 Å². The second kappa shape index (κ2) is 6.32. The van der Waals surface area contributed by atoms with Gasteiger partial charge in [0.2, 0.25) is 0 Å². The fraction of sp³-hybridized carbons (Fsp3) is 0.250. The number of rotatable bonds is 3. The van der Waals surface area contributed by atoms with Gasteiger partial charge in [0.25, 0.3) is 15.9 Å². The number of fused-ring (bicyclic) bond motifs is 4. The van der Waals surface area contributed by atoms with Crippen molar-refractivity contribution in [2.45, 2.75) is 23.7 Å². The number of amidine groups is 1. The monoisotopic (exact) mass is 440 g/mol. The third kappa shape index (κ3) is 3.07. The molecule has 0 spiro atoms. The molecule has 3 aliphatic rings. The van der Waals surface area contributed by atoms with Gasteiger partial charge < -0.3 is 14.6 Å². The maximum absolute atomic E-state index is 12.8. The third-order valence-electron chi connectivity index (χ3n) is 5.32. The van der Waals surface area contributed by atoms with Crippen LogP contribution < -0.4 is 10.2 Å². The number of hydrogen-bond acceptors (Lipinski definition) is 7. The van der Waals surface area contributed by atoms with E-state index in [4.69, 9.17) is 4.42 Å². The number of nitrogens with one attached hydrogen (secondary N) is 1. The summed E-state index contributed by atoms with van der Waals surface area (Å²) >= 11 is 1.27. The quantitative estimate of drug-likeness (QED) is 0.664. The number of carbonyl (C=O) groups excluding carboxylic acids is 1. The lowest BCUT2D eigenvalue weighted by Crippen LogP contribution is -2.35. The van der Waals surface area contributed by atoms with Crippen molar-refractivity contribution in [1.82, 2.24) is 4.98 Å². The minimum atomic E-state index is -3.41. The molecule has 2 aromatic carbocycles. The first-order valence-corrected chi connectivity index (χ1v) is 12.0. The van der Waals surface area contributed by atoms with Gasteiger partial charge in [0, 0.05) is 28.6 Å². The SMILES string of the molecule is O=C(Nc1ccc2oc(C3CC3)nc2c1)c1ccc2c(c1)SC1=NS(=O)(=O)CCN12. The Kier molecular flexibility index (Phi) is 3.79. The molecule has 3 heterocycles. The first-order chi connectivity index (χ1) is 14.4. The van der Waals surface area contributed by atoms with Gasteiger partial charge in [0.05, 0.1) is 11.4 Å². The lowest BCUT2D eigenvalue weighted by molar-refractivity contribution is 0.102. The van der Waals surface area contributed by atoms with E-state index in [1.54, 1.807) is 18.2 Å². The highest BCUT2D eigenvalue weighted by Crippen LogP contribution is 2.43. The van der Waals surface area contributed by atoms with Gasteiger partial charge in [-0.1, -0.05) is 0 Å². The number of sulfonamides is 1. The van der Waals surface area contributed by atoms with Crippen molar-refractivity contribution >= 4 is 55.3 Å². The number of aromatic nitrogens is 1. The first-order valence-electron chi connectivity index (χ1n) is 9.59. The van der Waals surface area contributed by atoms with Gasteiger partial charge in [-0.3, -0.25) is 4.79 Å². The predicted molar refractivity (Wildman–Crippen MR) is 115 cm³/mol. The van der Waals surface area contributed by atoms with Crippen LogP contribution in [0.2, 0.25) is 0 Å². The number of benzene rings is 2. The molecule has 0 atom stereocenters. The summed E-state index contributed by atoms with van der Waals surface area (Å²) in [6, 6.07) is 10.8. The van der Waals surface area contributed by atoms with Gasteiger partial charge in [0.1, 0.15) is 5.52 Å². The molecule has 2 aliphatic heterocycles. The maximum Gasteiger partial charge on any atom is 0.257 e. The Bertz CT molecular complexity index is 1360. The van der Waals surface area contributed by atoms with Crippen molar-refractivity contribution < 1.29 is 17.6 Å². The second-order valence-electron chi connectivity index (χ2n) is 7.56. The Morgan fingerprint density at radius 1 is 1.20 bits per heavy atom. The van der Waals surface area contributed by atoms with E-state index in [2.05, 4.69) is 14.7 Å². The van der Waals surface area contributed by atoms with Crippen molar-refractivity contribution in [2.75, 3.05) is 22.5 Å². The van der Waals surface area contributed by atoms with E-state index in [1.807, 2.05) is 23.1 Å². The molecule has 1 saturated carbocycles. The van der Waals surface area contributed by atoms with Gasteiger partial charge in [-0.15, -0.1) is 4.40 Å². The van der Waals surface area contributed by atoms with E-state index >= 15 is 0 Å². The Balaban J connectivity index is 1.25. The van der Waals surface area contributed by atoms with Gasteiger partial charge in [-0.25, -0.2) is 13.4 Å². The van der Waals surface area contributed by atoms with Crippen LogP contribution >= 0.6 is 11.8 Å². The van der Waals surface area contributed by atoms with Crippen LogP contribution in [0.1, 0.15) is 35.0 Å². The molecule has 0 saturated heterocycles. The van der Waals surface area contributed by atoms with Crippen molar-refractivity contribution in [3.63, 3.8) is 0 Å². The van der Waals surface area contributed by atoms with Crippen LogP contribution in [0.3, 0.4) is 0 Å². The van der Waals surface area contributed by atoms with Crippen LogP contribution in [0.25, 0.3) is 11.1 Å². The summed E-state index contributed by atoms with van der Waals surface area (Å²) in [7, 11) is -3.41. The third-order valence-corrected chi connectivity index (χ3v) is 7.63. The zero-order valence-corrected chi connectivity index (χ0v) is 17.3. The Morgan fingerprint density at radius 2 is 2.07 bits per heavy atom. The van der Waals surface area contributed by atoms with E-state index in [9.17, 15) is 13.2 Å². The smallest absolute Gasteiger partial charge is 0.257 e. The summed E-state index contributed by atoms with van der Waals surface area (Å²) in [6.07, 6.45) is 2.23. The molecule has 1 N–H and O–H groups in total. The summed E-state index contributed by atoms with van der Waals surface area (Å²) < 4.78 is 33.1. The second-order valence-corrected chi connectivity index (χ2v) is 10.3. The van der Waals surface area contributed by atoms with E-state index in [1.165, 1.54) is 11.8 Å². The summed E-state index contributed by atoms with van der Waals surface area (Å²) in [5, 5.41) is 3.34. The zero-order chi connectivity index (χ0) is 20.5. The molecule has 10 heteroatoms. The van der Waals surface area contributed by atoms with Gasteiger partial charge >= 0.3 is 0 Å². The summed E-state index contributed by atoms with van der Waals surface area (Å²) in [5.74, 6) is 0.943. The van der Waals surface area contributed by atoms with E-state index < -0.39 is 10.0 Å². The number of hydrogen-bond donors (Lipinski definition) is 1. The Labute approximate surface area is 176 Å². The fourth-order valence-electron chi connectivity index (χ4n) is 3.60. The molecule has 6 rings (SSSR count). The molecule has 0 radical (unpaired) electrons. The Hall–Kier alpha value is -2.85. The summed E-state index contributed by atoms with van der Waals surface area (Å²) in [4.78, 5) is 20.0. The normalized spacial score (nSPS) is 19.3. The average molecular weight is 441 g/mol. The lowest BCUT2D eigenvalue weighted by atomic mass is 10.1.